The highest BCUT2D eigenvalue weighted by molar-refractivity contribution is 7.89. The maximum absolute atomic E-state index is 12.7. The Kier molecular flexibility index (Phi) is 5.76. The number of likely N-dealkylation sites (tertiary alicyclic amines) is 2. The number of benzene rings is 1. The first kappa shape index (κ1) is 18.4. The number of piperidine rings is 1. The third-order valence-corrected chi connectivity index (χ3v) is 6.72. The molecule has 1 amide bonds. The van der Waals surface area contributed by atoms with Gasteiger partial charge in [-0.15, -0.1) is 0 Å². The Hall–Kier alpha value is -1.44. The number of carbonyl (C=O) groups excluding carboxylic acids is 1. The molecule has 0 atom stereocenters. The smallest absolute Gasteiger partial charge is 0.253 e. The Morgan fingerprint density at radius 3 is 2.24 bits per heavy atom. The first-order chi connectivity index (χ1) is 12.0. The van der Waals surface area contributed by atoms with E-state index < -0.39 is 10.0 Å². The van der Waals surface area contributed by atoms with Gasteiger partial charge in [-0.25, -0.2) is 13.1 Å². The van der Waals surface area contributed by atoms with E-state index in [-0.39, 0.29) is 10.8 Å². The summed E-state index contributed by atoms with van der Waals surface area (Å²) >= 11 is 0. The van der Waals surface area contributed by atoms with Gasteiger partial charge in [0.1, 0.15) is 0 Å². The molecule has 0 unspecified atom stereocenters. The molecule has 138 valence electrons. The van der Waals surface area contributed by atoms with Crippen molar-refractivity contribution in [3.63, 3.8) is 0 Å². The molecule has 7 heteroatoms. The second-order valence-electron chi connectivity index (χ2n) is 6.79. The zero-order valence-corrected chi connectivity index (χ0v) is 15.6. The molecule has 1 aromatic carbocycles. The van der Waals surface area contributed by atoms with E-state index in [0.717, 1.165) is 25.9 Å². The fraction of sp³-hybridized carbons (Fsp3) is 0.611. The average molecular weight is 365 g/mol. The second kappa shape index (κ2) is 7.85. The van der Waals surface area contributed by atoms with Crippen LogP contribution in [0.4, 0.5) is 0 Å². The van der Waals surface area contributed by atoms with Crippen molar-refractivity contribution in [2.45, 2.75) is 43.5 Å². The number of hydrogen-bond donors (Lipinski definition) is 1. The molecule has 2 saturated heterocycles. The van der Waals surface area contributed by atoms with Gasteiger partial charge in [-0.1, -0.05) is 6.92 Å². The Morgan fingerprint density at radius 2 is 1.68 bits per heavy atom. The topological polar surface area (TPSA) is 69.7 Å². The molecule has 2 fully saturated rings. The van der Waals surface area contributed by atoms with E-state index >= 15 is 0 Å². The van der Waals surface area contributed by atoms with Gasteiger partial charge in [0.05, 0.1) is 4.90 Å². The van der Waals surface area contributed by atoms with E-state index in [1.165, 1.54) is 38.1 Å². The largest absolute Gasteiger partial charge is 0.339 e. The lowest BCUT2D eigenvalue weighted by Crippen LogP contribution is -2.45. The number of carbonyl (C=O) groups is 1. The predicted octanol–water partition coefficient (Wildman–Crippen LogP) is 1.69. The highest BCUT2D eigenvalue weighted by Gasteiger charge is 2.28. The number of rotatable bonds is 5. The Morgan fingerprint density at radius 1 is 1.08 bits per heavy atom. The van der Waals surface area contributed by atoms with Gasteiger partial charge in [-0.2, -0.15) is 0 Å². The van der Waals surface area contributed by atoms with Gasteiger partial charge in [0.2, 0.25) is 10.0 Å². The van der Waals surface area contributed by atoms with Crippen LogP contribution in [0.5, 0.6) is 0 Å². The van der Waals surface area contributed by atoms with Crippen LogP contribution in [0, 0.1) is 0 Å². The molecule has 2 heterocycles. The van der Waals surface area contributed by atoms with Crippen molar-refractivity contribution in [3.8, 4) is 0 Å². The normalized spacial score (nSPS) is 20.1. The quantitative estimate of drug-likeness (QED) is 0.862. The van der Waals surface area contributed by atoms with E-state index in [2.05, 4.69) is 9.62 Å². The molecule has 6 nitrogen and oxygen atoms in total. The minimum atomic E-state index is -3.47. The monoisotopic (exact) mass is 365 g/mol. The van der Waals surface area contributed by atoms with Gasteiger partial charge in [0, 0.05) is 31.2 Å². The van der Waals surface area contributed by atoms with Crippen LogP contribution in [0.1, 0.15) is 43.0 Å². The van der Waals surface area contributed by atoms with Crippen LogP contribution in [-0.2, 0) is 10.0 Å². The molecule has 3 rings (SSSR count). The summed E-state index contributed by atoms with van der Waals surface area (Å²) in [6.45, 7) is 6.02. The first-order valence-electron chi connectivity index (χ1n) is 9.14. The molecule has 0 saturated carbocycles. The van der Waals surface area contributed by atoms with Crippen molar-refractivity contribution in [1.82, 2.24) is 14.5 Å². The zero-order valence-electron chi connectivity index (χ0n) is 14.8. The van der Waals surface area contributed by atoms with Gasteiger partial charge < -0.3 is 9.80 Å². The number of sulfonamides is 1. The highest BCUT2D eigenvalue weighted by Crippen LogP contribution is 2.22. The third kappa shape index (κ3) is 4.22. The van der Waals surface area contributed by atoms with Crippen molar-refractivity contribution in [3.05, 3.63) is 29.8 Å². The third-order valence-electron chi connectivity index (χ3n) is 5.15. The Balaban J connectivity index is 1.60. The minimum Gasteiger partial charge on any atom is -0.339 e. The number of nitrogens with one attached hydrogen (secondary N) is 1. The standard InChI is InChI=1S/C18H27N3O3S/c1-2-19-25(23,24)17-7-5-15(6-8-17)18(22)21-13-9-16(10-14-21)20-11-3-4-12-20/h5-8,16,19H,2-4,9-14H2,1H3. The number of hydrogen-bond acceptors (Lipinski definition) is 4. The van der Waals surface area contributed by atoms with E-state index in [0.29, 0.717) is 18.2 Å². The van der Waals surface area contributed by atoms with Crippen molar-refractivity contribution in [2.75, 3.05) is 32.7 Å². The Bertz CT molecular complexity index is 689. The fourth-order valence-corrected chi connectivity index (χ4v) is 4.81. The maximum Gasteiger partial charge on any atom is 0.253 e. The van der Waals surface area contributed by atoms with E-state index in [1.54, 1.807) is 19.1 Å². The molecular weight excluding hydrogens is 338 g/mol. The second-order valence-corrected chi connectivity index (χ2v) is 8.56. The van der Waals surface area contributed by atoms with Gasteiger partial charge in [-0.05, 0) is 63.0 Å². The van der Waals surface area contributed by atoms with Gasteiger partial charge in [-0.3, -0.25) is 4.79 Å². The summed E-state index contributed by atoms with van der Waals surface area (Å²) < 4.78 is 26.4. The lowest BCUT2D eigenvalue weighted by Gasteiger charge is -2.36. The van der Waals surface area contributed by atoms with Crippen molar-refractivity contribution >= 4 is 15.9 Å². The molecule has 2 aliphatic rings. The summed E-state index contributed by atoms with van der Waals surface area (Å²) in [7, 11) is -3.47. The lowest BCUT2D eigenvalue weighted by atomic mass is 10.0. The van der Waals surface area contributed by atoms with E-state index in [4.69, 9.17) is 0 Å². The van der Waals surface area contributed by atoms with Crippen LogP contribution in [0.15, 0.2) is 29.2 Å². The van der Waals surface area contributed by atoms with Crippen LogP contribution in [0.2, 0.25) is 0 Å². The van der Waals surface area contributed by atoms with Crippen LogP contribution in [0.25, 0.3) is 0 Å². The van der Waals surface area contributed by atoms with Crippen LogP contribution >= 0.6 is 0 Å². The molecule has 0 bridgehead atoms. The average Bonchev–Trinajstić information content (AvgIpc) is 3.16. The van der Waals surface area contributed by atoms with Crippen molar-refractivity contribution < 1.29 is 13.2 Å². The number of nitrogens with zero attached hydrogens (tertiary/aromatic N) is 2. The fourth-order valence-electron chi connectivity index (χ4n) is 3.77. The van der Waals surface area contributed by atoms with Crippen LogP contribution in [0.3, 0.4) is 0 Å². The van der Waals surface area contributed by atoms with Crippen molar-refractivity contribution in [1.29, 1.82) is 0 Å². The molecule has 2 aliphatic heterocycles. The predicted molar refractivity (Wildman–Crippen MR) is 97.0 cm³/mol. The summed E-state index contributed by atoms with van der Waals surface area (Å²) in [5.74, 6) is -0.00716. The van der Waals surface area contributed by atoms with Crippen LogP contribution < -0.4 is 4.72 Å². The summed E-state index contributed by atoms with van der Waals surface area (Å²) in [5, 5.41) is 0. The van der Waals surface area contributed by atoms with Crippen LogP contribution in [-0.4, -0.2) is 62.9 Å². The molecular formula is C18H27N3O3S. The zero-order chi connectivity index (χ0) is 17.9. The van der Waals surface area contributed by atoms with Gasteiger partial charge in [0.15, 0.2) is 0 Å². The summed E-state index contributed by atoms with van der Waals surface area (Å²) in [4.78, 5) is 17.3. The lowest BCUT2D eigenvalue weighted by molar-refractivity contribution is 0.0644. The molecule has 25 heavy (non-hydrogen) atoms. The maximum atomic E-state index is 12.7. The van der Waals surface area contributed by atoms with Gasteiger partial charge in [0.25, 0.3) is 5.91 Å². The molecule has 0 spiro atoms. The van der Waals surface area contributed by atoms with Gasteiger partial charge >= 0.3 is 0 Å². The summed E-state index contributed by atoms with van der Waals surface area (Å²) in [6.07, 6.45) is 4.64. The molecule has 0 aromatic heterocycles. The molecule has 1 aromatic rings. The summed E-state index contributed by atoms with van der Waals surface area (Å²) in [6, 6.07) is 6.84. The summed E-state index contributed by atoms with van der Waals surface area (Å²) in [5.41, 5.74) is 0.551. The molecule has 0 aliphatic carbocycles. The molecule has 0 radical (unpaired) electrons. The van der Waals surface area contributed by atoms with E-state index in [1.807, 2.05) is 4.90 Å². The minimum absolute atomic E-state index is 0.00716. The first-order valence-corrected chi connectivity index (χ1v) is 10.6. The number of amides is 1. The van der Waals surface area contributed by atoms with Crippen molar-refractivity contribution in [2.24, 2.45) is 0 Å². The highest BCUT2D eigenvalue weighted by atomic mass is 32.2. The molecule has 1 N–H and O–H groups in total. The SMILES string of the molecule is CCNS(=O)(=O)c1ccc(C(=O)N2CCC(N3CCCC3)CC2)cc1. The van der Waals surface area contributed by atoms with E-state index in [9.17, 15) is 13.2 Å². The Labute approximate surface area is 150 Å².